The molecule has 0 atom stereocenters. The molecule has 190 valence electrons. The molecular formula is C24H40O8S. The molecule has 0 heterocycles. The van der Waals surface area contributed by atoms with Crippen LogP contribution in [0.4, 0.5) is 0 Å². The number of carbonyl (C=O) groups is 1. The summed E-state index contributed by atoms with van der Waals surface area (Å²) in [5, 5.41) is 0. The minimum absolute atomic E-state index is 0.0586. The second-order valence-electron chi connectivity index (χ2n) is 7.66. The molecule has 0 aliphatic carbocycles. The molecule has 33 heavy (non-hydrogen) atoms. The van der Waals surface area contributed by atoms with Crippen LogP contribution in [0.25, 0.3) is 0 Å². The molecule has 0 aliphatic rings. The lowest BCUT2D eigenvalue weighted by atomic mass is 10.1. The quantitative estimate of drug-likeness (QED) is 0.145. The number of ether oxygens (including phenoxy) is 4. The van der Waals surface area contributed by atoms with Gasteiger partial charge in [0.2, 0.25) is 0 Å². The minimum Gasteiger partial charge on any atom is -0.463 e. The number of hydrogen-bond donors (Lipinski definition) is 0. The summed E-state index contributed by atoms with van der Waals surface area (Å²) in [6.07, 6.45) is 7.33. The minimum atomic E-state index is -3.76. The van der Waals surface area contributed by atoms with Crippen molar-refractivity contribution in [1.82, 2.24) is 0 Å². The highest BCUT2D eigenvalue weighted by Crippen LogP contribution is 2.13. The van der Waals surface area contributed by atoms with Gasteiger partial charge in [-0.1, -0.05) is 56.7 Å². The molecule has 0 N–H and O–H groups in total. The third-order valence-corrected chi connectivity index (χ3v) is 6.07. The zero-order valence-corrected chi connectivity index (χ0v) is 20.9. The van der Waals surface area contributed by atoms with Crippen LogP contribution < -0.4 is 0 Å². The first-order valence-corrected chi connectivity index (χ1v) is 13.2. The number of aryl methyl sites for hydroxylation is 1. The van der Waals surface area contributed by atoms with Crippen molar-refractivity contribution in [2.24, 2.45) is 0 Å². The number of rotatable bonds is 21. The molecule has 0 radical (unpaired) electrons. The van der Waals surface area contributed by atoms with E-state index in [1.54, 1.807) is 12.1 Å². The fraction of sp³-hybridized carbons (Fsp3) is 0.708. The Balaban J connectivity index is 1.86. The smallest absolute Gasteiger partial charge is 0.305 e. The molecule has 8 nitrogen and oxygen atoms in total. The average Bonchev–Trinajstić information content (AvgIpc) is 2.79. The van der Waals surface area contributed by atoms with Crippen molar-refractivity contribution in [3.63, 3.8) is 0 Å². The monoisotopic (exact) mass is 488 g/mol. The lowest BCUT2D eigenvalue weighted by Crippen LogP contribution is -2.15. The zero-order valence-electron chi connectivity index (χ0n) is 20.1. The predicted molar refractivity (Wildman–Crippen MR) is 126 cm³/mol. The average molecular weight is 489 g/mol. The van der Waals surface area contributed by atoms with Gasteiger partial charge in [-0.05, 0) is 25.5 Å². The predicted octanol–water partition coefficient (Wildman–Crippen LogP) is 4.04. The SMILES string of the molecule is CCCCCCCCC(=O)OCCOCCOCCOCCOS(=O)(=O)c1ccc(C)cc1. The highest BCUT2D eigenvalue weighted by molar-refractivity contribution is 7.86. The normalized spacial score (nSPS) is 11.6. The number of carbonyl (C=O) groups excluding carboxylic acids is 1. The Morgan fingerprint density at radius 1 is 0.727 bits per heavy atom. The van der Waals surface area contributed by atoms with E-state index in [4.69, 9.17) is 23.1 Å². The van der Waals surface area contributed by atoms with Crippen LogP contribution in [0.1, 0.15) is 57.4 Å². The summed E-state index contributed by atoms with van der Waals surface area (Å²) in [6.45, 7) is 6.23. The summed E-state index contributed by atoms with van der Waals surface area (Å²) < 4.78 is 50.1. The van der Waals surface area contributed by atoms with Gasteiger partial charge < -0.3 is 18.9 Å². The number of unbranched alkanes of at least 4 members (excludes halogenated alkanes) is 5. The van der Waals surface area contributed by atoms with Crippen LogP contribution in [0.5, 0.6) is 0 Å². The molecular weight excluding hydrogens is 448 g/mol. The first kappa shape index (κ1) is 29.5. The highest BCUT2D eigenvalue weighted by Gasteiger charge is 2.14. The van der Waals surface area contributed by atoms with E-state index in [0.717, 1.165) is 18.4 Å². The molecule has 9 heteroatoms. The summed E-state index contributed by atoms with van der Waals surface area (Å²) in [5.41, 5.74) is 0.977. The molecule has 0 saturated carbocycles. The van der Waals surface area contributed by atoms with Crippen molar-refractivity contribution >= 4 is 16.1 Å². The fourth-order valence-electron chi connectivity index (χ4n) is 2.85. The Hall–Kier alpha value is -1.52. The second-order valence-corrected chi connectivity index (χ2v) is 9.28. The van der Waals surface area contributed by atoms with Crippen LogP contribution in [-0.4, -0.2) is 67.2 Å². The Morgan fingerprint density at radius 3 is 1.85 bits per heavy atom. The van der Waals surface area contributed by atoms with Crippen LogP contribution in [0.15, 0.2) is 29.2 Å². The van der Waals surface area contributed by atoms with Crippen molar-refractivity contribution in [3.8, 4) is 0 Å². The van der Waals surface area contributed by atoms with Crippen LogP contribution in [0.3, 0.4) is 0 Å². The largest absolute Gasteiger partial charge is 0.463 e. The van der Waals surface area contributed by atoms with E-state index in [2.05, 4.69) is 6.92 Å². The molecule has 1 rings (SSSR count). The van der Waals surface area contributed by atoms with Gasteiger partial charge in [-0.15, -0.1) is 0 Å². The first-order chi connectivity index (χ1) is 16.0. The highest BCUT2D eigenvalue weighted by atomic mass is 32.2. The van der Waals surface area contributed by atoms with Crippen molar-refractivity contribution in [3.05, 3.63) is 29.8 Å². The molecule has 0 unspecified atom stereocenters. The summed E-state index contributed by atoms with van der Waals surface area (Å²) in [6, 6.07) is 6.47. The van der Waals surface area contributed by atoms with E-state index in [0.29, 0.717) is 39.5 Å². The molecule has 0 bridgehead atoms. The lowest BCUT2D eigenvalue weighted by Gasteiger charge is -2.08. The van der Waals surface area contributed by atoms with E-state index in [1.165, 1.54) is 37.8 Å². The topological polar surface area (TPSA) is 97.4 Å². The van der Waals surface area contributed by atoms with Crippen molar-refractivity contribution in [2.75, 3.05) is 52.9 Å². The van der Waals surface area contributed by atoms with E-state index in [1.807, 2.05) is 6.92 Å². The third-order valence-electron chi connectivity index (χ3n) is 4.75. The number of hydrogen-bond acceptors (Lipinski definition) is 8. The standard InChI is InChI=1S/C24H40O8S/c1-3-4-5-6-7-8-9-24(25)31-20-18-29-16-14-28-15-17-30-19-21-32-33(26,27)23-12-10-22(2)11-13-23/h10-13H,3-9,14-21H2,1-2H3. The maximum atomic E-state index is 12.0. The molecule has 0 aliphatic heterocycles. The van der Waals surface area contributed by atoms with E-state index < -0.39 is 10.1 Å². The van der Waals surface area contributed by atoms with E-state index in [-0.39, 0.29) is 30.7 Å². The molecule has 1 aromatic carbocycles. The van der Waals surface area contributed by atoms with E-state index >= 15 is 0 Å². The zero-order chi connectivity index (χ0) is 24.2. The Labute approximate surface area is 199 Å². The Bertz CT molecular complexity index is 718. The molecule has 1 aromatic rings. The van der Waals surface area contributed by atoms with Gasteiger partial charge in [0.1, 0.15) is 6.61 Å². The van der Waals surface area contributed by atoms with Gasteiger partial charge in [0.05, 0.1) is 51.1 Å². The van der Waals surface area contributed by atoms with Gasteiger partial charge >= 0.3 is 5.97 Å². The second kappa shape index (κ2) is 18.9. The van der Waals surface area contributed by atoms with Gasteiger partial charge in [0, 0.05) is 6.42 Å². The first-order valence-electron chi connectivity index (χ1n) is 11.8. The van der Waals surface area contributed by atoms with Gasteiger partial charge in [0.15, 0.2) is 0 Å². The number of benzene rings is 1. The fourth-order valence-corrected chi connectivity index (χ4v) is 3.75. The Kier molecular flexibility index (Phi) is 16.9. The molecule has 0 fully saturated rings. The maximum Gasteiger partial charge on any atom is 0.305 e. The van der Waals surface area contributed by atoms with Crippen molar-refractivity contribution < 1.29 is 36.3 Å². The van der Waals surface area contributed by atoms with Crippen LogP contribution in [-0.2, 0) is 38.0 Å². The lowest BCUT2D eigenvalue weighted by molar-refractivity contribution is -0.145. The summed E-state index contributed by atoms with van der Waals surface area (Å²) in [5.74, 6) is -0.168. The van der Waals surface area contributed by atoms with Gasteiger partial charge in [-0.25, -0.2) is 0 Å². The maximum absolute atomic E-state index is 12.0. The Morgan fingerprint density at radius 2 is 1.24 bits per heavy atom. The van der Waals surface area contributed by atoms with Crippen molar-refractivity contribution in [2.45, 2.75) is 63.7 Å². The van der Waals surface area contributed by atoms with Gasteiger partial charge in [-0.2, -0.15) is 8.42 Å². The molecule has 0 amide bonds. The summed E-state index contributed by atoms with van der Waals surface area (Å²) in [4.78, 5) is 11.7. The summed E-state index contributed by atoms with van der Waals surface area (Å²) >= 11 is 0. The summed E-state index contributed by atoms with van der Waals surface area (Å²) in [7, 11) is -3.76. The van der Waals surface area contributed by atoms with E-state index in [9.17, 15) is 13.2 Å². The van der Waals surface area contributed by atoms with Crippen molar-refractivity contribution in [1.29, 1.82) is 0 Å². The van der Waals surface area contributed by atoms with Crippen LogP contribution >= 0.6 is 0 Å². The molecule has 0 spiro atoms. The molecule has 0 saturated heterocycles. The number of esters is 1. The van der Waals surface area contributed by atoms with Gasteiger partial charge in [0.25, 0.3) is 10.1 Å². The molecule has 0 aromatic heterocycles. The van der Waals surface area contributed by atoms with Gasteiger partial charge in [-0.3, -0.25) is 8.98 Å². The van der Waals surface area contributed by atoms with Crippen LogP contribution in [0.2, 0.25) is 0 Å². The third kappa shape index (κ3) is 15.9. The van der Waals surface area contributed by atoms with Crippen LogP contribution in [0, 0.1) is 6.92 Å².